The van der Waals surface area contributed by atoms with Gasteiger partial charge in [-0.05, 0) is 57.5 Å². The molecule has 1 aromatic heterocycles. The van der Waals surface area contributed by atoms with Crippen molar-refractivity contribution in [2.45, 2.75) is 53.0 Å². The van der Waals surface area contributed by atoms with Crippen LogP contribution in [0.2, 0.25) is 0 Å². The lowest BCUT2D eigenvalue weighted by molar-refractivity contribution is -0.119. The van der Waals surface area contributed by atoms with Crippen molar-refractivity contribution in [1.82, 2.24) is 9.88 Å². The molecular weight excluding hydrogens is 338 g/mol. The van der Waals surface area contributed by atoms with Crippen molar-refractivity contribution < 1.29 is 9.53 Å². The van der Waals surface area contributed by atoms with Gasteiger partial charge in [0.1, 0.15) is 11.5 Å². The van der Waals surface area contributed by atoms with Gasteiger partial charge in [-0.15, -0.1) is 0 Å². The molecule has 0 aliphatic rings. The van der Waals surface area contributed by atoms with E-state index < -0.39 is 0 Å². The van der Waals surface area contributed by atoms with Crippen molar-refractivity contribution in [3.05, 3.63) is 30.0 Å². The van der Waals surface area contributed by atoms with Crippen LogP contribution in [0.15, 0.2) is 24.4 Å². The smallest absolute Gasteiger partial charge is 0.146 e. The third kappa shape index (κ3) is 7.73. The average Bonchev–Trinajstić information content (AvgIpc) is 3.04. The SMILES string of the molecule is CC(=O)C(N)C(C)C.CCCCOc1cccc2[nH]cc(CCN(C)C)c12. The molecule has 0 spiro atoms. The fourth-order valence-corrected chi connectivity index (χ4v) is 2.68. The number of H-pyrrole nitrogens is 1. The van der Waals surface area contributed by atoms with Crippen molar-refractivity contribution in [3.63, 3.8) is 0 Å². The number of nitrogens with one attached hydrogen (secondary N) is 1. The van der Waals surface area contributed by atoms with E-state index in [0.717, 1.165) is 38.2 Å². The number of hydrogen-bond donors (Lipinski definition) is 2. The fourth-order valence-electron chi connectivity index (χ4n) is 2.68. The Bertz CT molecular complexity index is 692. The molecule has 0 saturated heterocycles. The first-order chi connectivity index (χ1) is 12.8. The number of fused-ring (bicyclic) bond motifs is 1. The van der Waals surface area contributed by atoms with Crippen LogP contribution in [-0.4, -0.2) is 49.0 Å². The molecule has 0 fully saturated rings. The van der Waals surface area contributed by atoms with Crippen molar-refractivity contribution in [1.29, 1.82) is 0 Å². The predicted octanol–water partition coefficient (Wildman–Crippen LogP) is 4.01. The zero-order chi connectivity index (χ0) is 20.4. The van der Waals surface area contributed by atoms with E-state index in [1.165, 1.54) is 23.4 Å². The molecule has 27 heavy (non-hydrogen) atoms. The van der Waals surface area contributed by atoms with Gasteiger partial charge in [0, 0.05) is 23.6 Å². The van der Waals surface area contributed by atoms with Gasteiger partial charge in [-0.3, -0.25) is 4.79 Å². The van der Waals surface area contributed by atoms with Crippen molar-refractivity contribution in [2.24, 2.45) is 11.7 Å². The lowest BCUT2D eigenvalue weighted by Gasteiger charge is -2.11. The third-order valence-corrected chi connectivity index (χ3v) is 4.52. The van der Waals surface area contributed by atoms with Crippen molar-refractivity contribution >= 4 is 16.7 Å². The van der Waals surface area contributed by atoms with E-state index >= 15 is 0 Å². The first kappa shape index (κ1) is 23.2. The second kappa shape index (κ2) is 11.8. The molecule has 0 amide bonds. The highest BCUT2D eigenvalue weighted by Gasteiger charge is 2.11. The minimum Gasteiger partial charge on any atom is -0.493 e. The van der Waals surface area contributed by atoms with E-state index in [1.807, 2.05) is 13.8 Å². The number of ether oxygens (including phenoxy) is 1. The van der Waals surface area contributed by atoms with Gasteiger partial charge < -0.3 is 20.4 Å². The van der Waals surface area contributed by atoms with Gasteiger partial charge in [0.2, 0.25) is 0 Å². The molecule has 0 bridgehead atoms. The highest BCUT2D eigenvalue weighted by Crippen LogP contribution is 2.29. The van der Waals surface area contributed by atoms with Crippen LogP contribution < -0.4 is 10.5 Å². The largest absolute Gasteiger partial charge is 0.493 e. The molecule has 152 valence electrons. The molecule has 0 saturated carbocycles. The number of aromatic amines is 1. The highest BCUT2D eigenvalue weighted by molar-refractivity contribution is 5.89. The Kier molecular flexibility index (Phi) is 10.1. The fraction of sp³-hybridized carbons (Fsp3) is 0.591. The van der Waals surface area contributed by atoms with Crippen molar-refractivity contribution in [3.8, 4) is 5.75 Å². The summed E-state index contributed by atoms with van der Waals surface area (Å²) in [6.07, 6.45) is 5.42. The lowest BCUT2D eigenvalue weighted by Crippen LogP contribution is -2.33. The number of hydrogen-bond acceptors (Lipinski definition) is 4. The highest BCUT2D eigenvalue weighted by atomic mass is 16.5. The number of rotatable bonds is 9. The molecule has 1 unspecified atom stereocenters. The van der Waals surface area contributed by atoms with E-state index in [-0.39, 0.29) is 17.7 Å². The summed E-state index contributed by atoms with van der Waals surface area (Å²) in [4.78, 5) is 16.0. The maximum Gasteiger partial charge on any atom is 0.146 e. The summed E-state index contributed by atoms with van der Waals surface area (Å²) in [5.74, 6) is 1.36. The second-order valence-electron chi connectivity index (χ2n) is 7.63. The lowest BCUT2D eigenvalue weighted by atomic mass is 10.0. The number of unbranched alkanes of at least 4 members (excludes halogenated alkanes) is 1. The number of carbonyl (C=O) groups is 1. The molecule has 1 heterocycles. The Labute approximate surface area is 164 Å². The van der Waals surface area contributed by atoms with Gasteiger partial charge in [0.25, 0.3) is 0 Å². The molecule has 1 atom stereocenters. The molecule has 0 aliphatic heterocycles. The number of aromatic nitrogens is 1. The molecule has 5 nitrogen and oxygen atoms in total. The molecule has 3 N–H and O–H groups in total. The van der Waals surface area contributed by atoms with Gasteiger partial charge >= 0.3 is 0 Å². The molecule has 2 aromatic rings. The maximum atomic E-state index is 10.5. The third-order valence-electron chi connectivity index (χ3n) is 4.52. The molecular formula is C22H37N3O2. The zero-order valence-corrected chi connectivity index (χ0v) is 17.8. The van der Waals surface area contributed by atoms with E-state index in [2.05, 4.69) is 55.3 Å². The summed E-state index contributed by atoms with van der Waals surface area (Å²) in [6.45, 7) is 9.43. The molecule has 0 radical (unpaired) electrons. The van der Waals surface area contributed by atoms with Gasteiger partial charge in [0.15, 0.2) is 0 Å². The second-order valence-corrected chi connectivity index (χ2v) is 7.63. The summed E-state index contributed by atoms with van der Waals surface area (Å²) >= 11 is 0. The Morgan fingerprint density at radius 3 is 2.52 bits per heavy atom. The number of nitrogens with two attached hydrogens (primary N) is 1. The molecule has 5 heteroatoms. The van der Waals surface area contributed by atoms with E-state index in [1.54, 1.807) is 0 Å². The van der Waals surface area contributed by atoms with E-state index in [4.69, 9.17) is 10.5 Å². The Balaban J connectivity index is 0.000000387. The quantitative estimate of drug-likeness (QED) is 0.650. The minimum atomic E-state index is -0.269. The summed E-state index contributed by atoms with van der Waals surface area (Å²) in [5.41, 5.74) is 7.92. The van der Waals surface area contributed by atoms with E-state index in [9.17, 15) is 4.79 Å². The van der Waals surface area contributed by atoms with Crippen LogP contribution in [0.1, 0.15) is 46.1 Å². The van der Waals surface area contributed by atoms with E-state index in [0.29, 0.717) is 0 Å². The van der Waals surface area contributed by atoms with Gasteiger partial charge in [-0.25, -0.2) is 0 Å². The Hall–Kier alpha value is -1.85. The first-order valence-corrected chi connectivity index (χ1v) is 9.90. The molecule has 2 rings (SSSR count). The summed E-state index contributed by atoms with van der Waals surface area (Å²) < 4.78 is 5.93. The Morgan fingerprint density at radius 2 is 2.00 bits per heavy atom. The number of likely N-dealkylation sites (N-methyl/N-ethyl adjacent to an activating group) is 1. The van der Waals surface area contributed by atoms with Crippen LogP contribution in [0, 0.1) is 5.92 Å². The molecule has 0 aliphatic carbocycles. The number of Topliss-reactive ketones (excluding diaryl/α,β-unsaturated/α-hetero) is 1. The van der Waals surface area contributed by atoms with Crippen LogP contribution in [0.4, 0.5) is 0 Å². The Morgan fingerprint density at radius 1 is 1.30 bits per heavy atom. The standard InChI is InChI=1S/C16H24N2O.C6H13NO/c1-4-5-11-19-15-8-6-7-14-16(15)13(12-17-14)9-10-18(2)3;1-4(2)6(7)5(3)8/h6-8,12,17H,4-5,9-11H2,1-3H3;4,6H,7H2,1-3H3. The summed E-state index contributed by atoms with van der Waals surface area (Å²) in [5, 5.41) is 1.25. The summed E-state index contributed by atoms with van der Waals surface area (Å²) in [7, 11) is 4.21. The van der Waals surface area contributed by atoms with Crippen LogP contribution in [0.3, 0.4) is 0 Å². The summed E-state index contributed by atoms with van der Waals surface area (Å²) in [6, 6.07) is 5.97. The number of nitrogens with zero attached hydrogens (tertiary/aromatic N) is 1. The number of benzene rings is 1. The first-order valence-electron chi connectivity index (χ1n) is 9.90. The predicted molar refractivity (Wildman–Crippen MR) is 114 cm³/mol. The van der Waals surface area contributed by atoms with Gasteiger partial charge in [0.05, 0.1) is 12.6 Å². The van der Waals surface area contributed by atoms with Crippen molar-refractivity contribution in [2.75, 3.05) is 27.2 Å². The van der Waals surface area contributed by atoms with Crippen LogP contribution in [0.25, 0.3) is 10.9 Å². The topological polar surface area (TPSA) is 71.4 Å². The molecule has 1 aromatic carbocycles. The van der Waals surface area contributed by atoms with Crippen LogP contribution in [-0.2, 0) is 11.2 Å². The minimum absolute atomic E-state index is 0.0694. The van der Waals surface area contributed by atoms with Gasteiger partial charge in [-0.1, -0.05) is 33.3 Å². The number of carbonyl (C=O) groups excluding carboxylic acids is 1. The zero-order valence-electron chi connectivity index (χ0n) is 17.8. The van der Waals surface area contributed by atoms with Crippen LogP contribution >= 0.6 is 0 Å². The number of ketones is 1. The average molecular weight is 376 g/mol. The monoisotopic (exact) mass is 375 g/mol. The maximum absolute atomic E-state index is 10.5. The van der Waals surface area contributed by atoms with Gasteiger partial charge in [-0.2, -0.15) is 0 Å². The van der Waals surface area contributed by atoms with Crippen LogP contribution in [0.5, 0.6) is 5.75 Å². The normalized spacial score (nSPS) is 12.2.